The van der Waals surface area contributed by atoms with Crippen LogP contribution < -0.4 is 9.46 Å². The maximum absolute atomic E-state index is 12.1. The second-order valence-electron chi connectivity index (χ2n) is 6.11. The van der Waals surface area contributed by atoms with Gasteiger partial charge in [0.15, 0.2) is 0 Å². The minimum atomic E-state index is -3.29. The van der Waals surface area contributed by atoms with Crippen molar-refractivity contribution >= 4 is 10.0 Å². The molecule has 0 amide bonds. The smallest absolute Gasteiger partial charge is 0.215 e. The Bertz CT molecular complexity index is 572. The molecule has 1 atom stereocenters. The molecule has 1 aliphatic rings. The lowest BCUT2D eigenvalue weighted by atomic mass is 10.0. The first-order valence-electron chi connectivity index (χ1n) is 8.41. The number of sulfonamides is 1. The third kappa shape index (κ3) is 6.12. The topological polar surface area (TPSA) is 58.6 Å². The van der Waals surface area contributed by atoms with Gasteiger partial charge in [0.05, 0.1) is 5.75 Å². The fourth-order valence-corrected chi connectivity index (χ4v) is 3.80. The molecule has 0 aromatic heterocycles. The van der Waals surface area contributed by atoms with E-state index in [0.717, 1.165) is 25.1 Å². The van der Waals surface area contributed by atoms with Crippen LogP contribution in [0.2, 0.25) is 0 Å². The molecule has 1 N–H and O–H groups in total. The van der Waals surface area contributed by atoms with Gasteiger partial charge in [-0.1, -0.05) is 31.0 Å². The summed E-state index contributed by atoms with van der Waals surface area (Å²) in [5, 5.41) is 0. The minimum Gasteiger partial charge on any atom is -0.492 e. The lowest BCUT2D eigenvalue weighted by Gasteiger charge is -2.34. The summed E-state index contributed by atoms with van der Waals surface area (Å²) in [6.45, 7) is 6.84. The first kappa shape index (κ1) is 18.2. The number of nitrogens with one attached hydrogen (secondary N) is 1. The van der Waals surface area contributed by atoms with Crippen LogP contribution in [0, 0.1) is 6.92 Å². The molecule has 0 saturated carbocycles. The Balaban J connectivity index is 1.74. The molecule has 0 bridgehead atoms. The molecule has 23 heavy (non-hydrogen) atoms. The molecule has 130 valence electrons. The van der Waals surface area contributed by atoms with E-state index in [4.69, 9.17) is 4.74 Å². The molecule has 1 heterocycles. The van der Waals surface area contributed by atoms with Crippen LogP contribution in [0.3, 0.4) is 0 Å². The highest BCUT2D eigenvalue weighted by molar-refractivity contribution is 7.89. The van der Waals surface area contributed by atoms with Crippen molar-refractivity contribution in [2.75, 3.05) is 32.0 Å². The van der Waals surface area contributed by atoms with Crippen LogP contribution in [0.1, 0.15) is 31.7 Å². The fourth-order valence-electron chi connectivity index (χ4n) is 2.91. The van der Waals surface area contributed by atoms with Crippen LogP contribution >= 0.6 is 0 Å². The molecule has 6 heteroatoms. The van der Waals surface area contributed by atoms with Crippen LogP contribution in [-0.2, 0) is 10.0 Å². The van der Waals surface area contributed by atoms with Gasteiger partial charge in [-0.3, -0.25) is 4.90 Å². The Morgan fingerprint density at radius 3 is 2.70 bits per heavy atom. The zero-order chi connectivity index (χ0) is 16.7. The summed E-state index contributed by atoms with van der Waals surface area (Å²) in [5.74, 6) is 0.690. The van der Waals surface area contributed by atoms with Crippen LogP contribution in [0.25, 0.3) is 0 Å². The van der Waals surface area contributed by atoms with Crippen LogP contribution in [-0.4, -0.2) is 51.4 Å². The number of aryl methyl sites for hydroxylation is 1. The number of hydrogen-bond donors (Lipinski definition) is 1. The maximum atomic E-state index is 12.1. The number of likely N-dealkylation sites (tertiary alicyclic amines) is 1. The highest BCUT2D eigenvalue weighted by atomic mass is 32.2. The summed E-state index contributed by atoms with van der Waals surface area (Å²) in [5.41, 5.74) is 1.15. The Labute approximate surface area is 140 Å². The Morgan fingerprint density at radius 1 is 1.26 bits per heavy atom. The third-order valence-corrected chi connectivity index (χ3v) is 5.65. The van der Waals surface area contributed by atoms with E-state index in [-0.39, 0.29) is 12.4 Å². The van der Waals surface area contributed by atoms with Gasteiger partial charge >= 0.3 is 0 Å². The number of benzene rings is 1. The molecule has 0 spiro atoms. The highest BCUT2D eigenvalue weighted by Gasteiger charge is 2.22. The summed E-state index contributed by atoms with van der Waals surface area (Å²) in [4.78, 5) is 2.36. The normalized spacial score (nSPS) is 19.7. The van der Waals surface area contributed by atoms with Crippen LogP contribution in [0.5, 0.6) is 5.75 Å². The molecule has 0 radical (unpaired) electrons. The van der Waals surface area contributed by atoms with Gasteiger partial charge in [-0.2, -0.15) is 0 Å². The molecule has 1 aromatic carbocycles. The predicted molar refractivity (Wildman–Crippen MR) is 93.3 cm³/mol. The van der Waals surface area contributed by atoms with E-state index in [1.807, 2.05) is 31.2 Å². The van der Waals surface area contributed by atoms with E-state index in [0.29, 0.717) is 18.3 Å². The summed E-state index contributed by atoms with van der Waals surface area (Å²) in [6, 6.07) is 7.93. The van der Waals surface area contributed by atoms with Gasteiger partial charge in [-0.25, -0.2) is 13.1 Å². The molecular weight excluding hydrogens is 312 g/mol. The second kappa shape index (κ2) is 8.66. The quantitative estimate of drug-likeness (QED) is 0.788. The molecule has 5 nitrogen and oxygen atoms in total. The molecule has 1 fully saturated rings. The first-order chi connectivity index (χ1) is 11.0. The van der Waals surface area contributed by atoms with E-state index < -0.39 is 10.0 Å². The van der Waals surface area contributed by atoms with Gasteiger partial charge in [-0.05, 0) is 45.0 Å². The maximum Gasteiger partial charge on any atom is 0.215 e. The number of likely N-dealkylation sites (N-methyl/N-ethyl adjacent to an activating group) is 1. The first-order valence-corrected chi connectivity index (χ1v) is 10.1. The number of ether oxygens (including phenoxy) is 1. The van der Waals surface area contributed by atoms with E-state index in [1.165, 1.54) is 12.8 Å². The summed E-state index contributed by atoms with van der Waals surface area (Å²) < 4.78 is 32.4. The van der Waals surface area contributed by atoms with Gasteiger partial charge in [0, 0.05) is 12.6 Å². The molecule has 1 unspecified atom stereocenters. The molecular formula is C17H28N2O3S. The van der Waals surface area contributed by atoms with Crippen LogP contribution in [0.15, 0.2) is 24.3 Å². The van der Waals surface area contributed by atoms with Crippen molar-refractivity contribution in [1.82, 2.24) is 9.62 Å². The Kier molecular flexibility index (Phi) is 6.87. The third-order valence-electron chi connectivity index (χ3n) is 4.34. The zero-order valence-corrected chi connectivity index (χ0v) is 14.9. The average molecular weight is 340 g/mol. The lowest BCUT2D eigenvalue weighted by Crippen LogP contribution is -2.47. The monoisotopic (exact) mass is 340 g/mol. The molecule has 1 saturated heterocycles. The second-order valence-corrected chi connectivity index (χ2v) is 8.03. The summed E-state index contributed by atoms with van der Waals surface area (Å²) in [6.07, 6.45) is 3.46. The lowest BCUT2D eigenvalue weighted by molar-refractivity contribution is 0.158. The molecule has 1 aromatic rings. The van der Waals surface area contributed by atoms with E-state index >= 15 is 0 Å². The van der Waals surface area contributed by atoms with Crippen molar-refractivity contribution < 1.29 is 13.2 Å². The number of nitrogens with zero attached hydrogens (tertiary/aromatic N) is 1. The Hall–Kier alpha value is -1.11. The summed E-state index contributed by atoms with van der Waals surface area (Å²) >= 11 is 0. The van der Waals surface area contributed by atoms with Gasteiger partial charge < -0.3 is 4.74 Å². The van der Waals surface area contributed by atoms with Crippen LogP contribution in [0.4, 0.5) is 0 Å². The SMILES string of the molecule is CCN1CCCCC1CNS(=O)(=O)CCOc1ccc(C)cc1. The fraction of sp³-hybridized carbons (Fsp3) is 0.647. The van der Waals surface area contributed by atoms with Gasteiger partial charge in [-0.15, -0.1) is 0 Å². The van der Waals surface area contributed by atoms with Crippen molar-refractivity contribution in [1.29, 1.82) is 0 Å². The summed E-state index contributed by atoms with van der Waals surface area (Å²) in [7, 11) is -3.29. The molecule has 2 rings (SSSR count). The predicted octanol–water partition coefficient (Wildman–Crippen LogP) is 2.17. The van der Waals surface area contributed by atoms with E-state index in [2.05, 4.69) is 16.5 Å². The largest absolute Gasteiger partial charge is 0.492 e. The van der Waals surface area contributed by atoms with E-state index in [1.54, 1.807) is 0 Å². The van der Waals surface area contributed by atoms with Crippen molar-refractivity contribution in [2.24, 2.45) is 0 Å². The van der Waals surface area contributed by atoms with Gasteiger partial charge in [0.1, 0.15) is 12.4 Å². The minimum absolute atomic E-state index is 0.0142. The van der Waals surface area contributed by atoms with Crippen molar-refractivity contribution in [3.63, 3.8) is 0 Å². The number of piperidine rings is 1. The standard InChI is InChI=1S/C17H28N2O3S/c1-3-19-11-5-4-6-16(19)14-18-23(20,21)13-12-22-17-9-7-15(2)8-10-17/h7-10,16,18H,3-6,11-14H2,1-2H3. The van der Waals surface area contributed by atoms with Crippen molar-refractivity contribution in [2.45, 2.75) is 39.2 Å². The molecule has 0 aliphatic carbocycles. The Morgan fingerprint density at radius 2 is 2.00 bits per heavy atom. The average Bonchev–Trinajstić information content (AvgIpc) is 2.55. The molecule has 1 aliphatic heterocycles. The van der Waals surface area contributed by atoms with Gasteiger partial charge in [0.25, 0.3) is 0 Å². The highest BCUT2D eigenvalue weighted by Crippen LogP contribution is 2.16. The van der Waals surface area contributed by atoms with Crippen molar-refractivity contribution in [3.8, 4) is 5.75 Å². The van der Waals surface area contributed by atoms with Gasteiger partial charge in [0.2, 0.25) is 10.0 Å². The number of hydrogen-bond acceptors (Lipinski definition) is 4. The number of rotatable bonds is 8. The van der Waals surface area contributed by atoms with Crippen molar-refractivity contribution in [3.05, 3.63) is 29.8 Å². The van der Waals surface area contributed by atoms with E-state index in [9.17, 15) is 8.42 Å². The zero-order valence-electron chi connectivity index (χ0n) is 14.1.